The normalized spacial score (nSPS) is 13.6. The fourth-order valence-corrected chi connectivity index (χ4v) is 1.37. The lowest BCUT2D eigenvalue weighted by molar-refractivity contribution is 0.281. The van der Waals surface area contributed by atoms with E-state index in [9.17, 15) is 0 Å². The van der Waals surface area contributed by atoms with Gasteiger partial charge in [-0.1, -0.05) is 13.8 Å². The molecule has 3 heteroatoms. The largest absolute Gasteiger partial charge is 0.396 e. The summed E-state index contributed by atoms with van der Waals surface area (Å²) >= 11 is 0. The molecule has 0 fully saturated rings. The number of hydrogen-bond donors (Lipinski definition) is 3. The number of rotatable bonds is 8. The summed E-state index contributed by atoms with van der Waals surface area (Å²) in [6, 6.07) is 0.443. The second-order valence-corrected chi connectivity index (χ2v) is 3.95. The summed E-state index contributed by atoms with van der Waals surface area (Å²) in [4.78, 5) is 0. The first-order chi connectivity index (χ1) is 6.20. The molecule has 1 unspecified atom stereocenters. The van der Waals surface area contributed by atoms with Gasteiger partial charge in [0.1, 0.15) is 0 Å². The Morgan fingerprint density at radius 1 is 1.31 bits per heavy atom. The second kappa shape index (κ2) is 8.48. The highest BCUT2D eigenvalue weighted by Crippen LogP contribution is 2.03. The highest BCUT2D eigenvalue weighted by atomic mass is 16.2. The Kier molecular flexibility index (Phi) is 8.40. The van der Waals surface area contributed by atoms with Crippen LogP contribution < -0.4 is 11.1 Å². The smallest absolute Gasteiger partial charge is 0.0431 e. The van der Waals surface area contributed by atoms with Gasteiger partial charge in [-0.25, -0.2) is 0 Å². The first-order valence-corrected chi connectivity index (χ1v) is 5.25. The fraction of sp³-hybridized carbons (Fsp3) is 1.00. The van der Waals surface area contributed by atoms with Crippen LogP contribution in [0.25, 0.3) is 0 Å². The summed E-state index contributed by atoms with van der Waals surface area (Å²) in [5.74, 6) is 0.693. The van der Waals surface area contributed by atoms with Crippen molar-refractivity contribution in [2.24, 2.45) is 11.7 Å². The average Bonchev–Trinajstić information content (AvgIpc) is 2.09. The van der Waals surface area contributed by atoms with Gasteiger partial charge >= 0.3 is 0 Å². The Labute approximate surface area is 81.7 Å². The molecule has 1 atom stereocenters. The van der Waals surface area contributed by atoms with Crippen LogP contribution in [0, 0.1) is 5.92 Å². The molecule has 0 aromatic carbocycles. The molecule has 0 saturated carbocycles. The topological polar surface area (TPSA) is 58.3 Å². The van der Waals surface area contributed by atoms with Gasteiger partial charge in [-0.15, -0.1) is 0 Å². The molecule has 80 valence electrons. The number of aliphatic hydroxyl groups is 1. The van der Waals surface area contributed by atoms with Crippen LogP contribution in [0.4, 0.5) is 0 Å². The fourth-order valence-electron chi connectivity index (χ4n) is 1.37. The number of aliphatic hydroxyl groups excluding tert-OH is 1. The summed E-state index contributed by atoms with van der Waals surface area (Å²) in [5.41, 5.74) is 5.62. The maximum atomic E-state index is 8.58. The van der Waals surface area contributed by atoms with Gasteiger partial charge in [-0.2, -0.15) is 0 Å². The van der Waals surface area contributed by atoms with Gasteiger partial charge in [0.05, 0.1) is 0 Å². The molecule has 0 spiro atoms. The summed E-state index contributed by atoms with van der Waals surface area (Å²) in [7, 11) is 0. The lowest BCUT2D eigenvalue weighted by atomic mass is 10.0. The summed E-state index contributed by atoms with van der Waals surface area (Å²) in [6.45, 7) is 6.38. The Bertz CT molecular complexity index is 107. The van der Waals surface area contributed by atoms with Crippen molar-refractivity contribution in [3.05, 3.63) is 0 Å². The minimum atomic E-state index is 0.291. The monoisotopic (exact) mass is 188 g/mol. The first-order valence-electron chi connectivity index (χ1n) is 5.25. The van der Waals surface area contributed by atoms with E-state index in [2.05, 4.69) is 19.2 Å². The van der Waals surface area contributed by atoms with E-state index in [1.54, 1.807) is 0 Å². The van der Waals surface area contributed by atoms with Gasteiger partial charge < -0.3 is 16.2 Å². The van der Waals surface area contributed by atoms with E-state index in [1.165, 1.54) is 0 Å². The summed E-state index contributed by atoms with van der Waals surface area (Å²) in [6.07, 6.45) is 3.05. The van der Waals surface area contributed by atoms with Crippen LogP contribution >= 0.6 is 0 Å². The van der Waals surface area contributed by atoms with Gasteiger partial charge in [0.2, 0.25) is 0 Å². The van der Waals surface area contributed by atoms with Crippen LogP contribution in [0.3, 0.4) is 0 Å². The third kappa shape index (κ3) is 8.22. The quantitative estimate of drug-likeness (QED) is 0.492. The zero-order valence-electron chi connectivity index (χ0n) is 8.92. The molecule has 0 amide bonds. The average molecular weight is 188 g/mol. The van der Waals surface area contributed by atoms with E-state index >= 15 is 0 Å². The lowest BCUT2D eigenvalue weighted by Gasteiger charge is -2.18. The molecule has 0 heterocycles. The minimum absolute atomic E-state index is 0.291. The molecular formula is C10H24N2O. The second-order valence-electron chi connectivity index (χ2n) is 3.95. The predicted octanol–water partition coefficient (Wildman–Crippen LogP) is 0.722. The minimum Gasteiger partial charge on any atom is -0.396 e. The lowest BCUT2D eigenvalue weighted by Crippen LogP contribution is -2.37. The molecule has 0 rings (SSSR count). The van der Waals surface area contributed by atoms with Crippen molar-refractivity contribution in [2.75, 3.05) is 19.7 Å². The van der Waals surface area contributed by atoms with Crippen molar-refractivity contribution in [3.8, 4) is 0 Å². The van der Waals surface area contributed by atoms with Crippen LogP contribution in [-0.2, 0) is 0 Å². The molecule has 0 aliphatic heterocycles. The van der Waals surface area contributed by atoms with Crippen LogP contribution in [0.15, 0.2) is 0 Å². The SMILES string of the molecule is CC(C)CC(CN)NCCCCO. The van der Waals surface area contributed by atoms with Crippen LogP contribution in [-0.4, -0.2) is 30.8 Å². The molecule has 0 aliphatic carbocycles. The van der Waals surface area contributed by atoms with Gasteiger partial charge in [-0.05, 0) is 31.7 Å². The van der Waals surface area contributed by atoms with Crippen molar-refractivity contribution in [2.45, 2.75) is 39.2 Å². The van der Waals surface area contributed by atoms with Crippen LogP contribution in [0.5, 0.6) is 0 Å². The van der Waals surface area contributed by atoms with E-state index in [0.29, 0.717) is 25.1 Å². The van der Waals surface area contributed by atoms with E-state index in [0.717, 1.165) is 25.8 Å². The van der Waals surface area contributed by atoms with Crippen molar-refractivity contribution in [1.29, 1.82) is 0 Å². The molecule has 3 nitrogen and oxygen atoms in total. The molecule has 0 bridgehead atoms. The standard InChI is InChI=1S/C10H24N2O/c1-9(2)7-10(8-11)12-5-3-4-6-13/h9-10,12-13H,3-8,11H2,1-2H3. The number of unbranched alkanes of at least 4 members (excludes halogenated alkanes) is 1. The Morgan fingerprint density at radius 3 is 2.46 bits per heavy atom. The van der Waals surface area contributed by atoms with Crippen molar-refractivity contribution in [1.82, 2.24) is 5.32 Å². The molecule has 13 heavy (non-hydrogen) atoms. The van der Waals surface area contributed by atoms with E-state index in [1.807, 2.05) is 0 Å². The van der Waals surface area contributed by atoms with E-state index in [4.69, 9.17) is 10.8 Å². The summed E-state index contributed by atoms with van der Waals surface area (Å²) < 4.78 is 0. The van der Waals surface area contributed by atoms with Gasteiger partial charge in [-0.3, -0.25) is 0 Å². The predicted molar refractivity (Wildman–Crippen MR) is 56.6 cm³/mol. The van der Waals surface area contributed by atoms with E-state index in [-0.39, 0.29) is 0 Å². The van der Waals surface area contributed by atoms with Crippen molar-refractivity contribution < 1.29 is 5.11 Å². The molecule has 4 N–H and O–H groups in total. The Balaban J connectivity index is 3.36. The maximum Gasteiger partial charge on any atom is 0.0431 e. The molecule has 0 radical (unpaired) electrons. The number of nitrogens with two attached hydrogens (primary N) is 1. The van der Waals surface area contributed by atoms with Gasteiger partial charge in [0.25, 0.3) is 0 Å². The van der Waals surface area contributed by atoms with Gasteiger partial charge in [0, 0.05) is 19.2 Å². The van der Waals surface area contributed by atoms with Crippen molar-refractivity contribution >= 4 is 0 Å². The third-order valence-corrected chi connectivity index (χ3v) is 2.06. The number of hydrogen-bond acceptors (Lipinski definition) is 3. The van der Waals surface area contributed by atoms with E-state index < -0.39 is 0 Å². The highest BCUT2D eigenvalue weighted by molar-refractivity contribution is 4.68. The third-order valence-electron chi connectivity index (χ3n) is 2.06. The van der Waals surface area contributed by atoms with Crippen molar-refractivity contribution in [3.63, 3.8) is 0 Å². The Hall–Kier alpha value is -0.120. The highest BCUT2D eigenvalue weighted by Gasteiger charge is 2.06. The van der Waals surface area contributed by atoms with Gasteiger partial charge in [0.15, 0.2) is 0 Å². The molecule has 0 aromatic rings. The summed E-state index contributed by atoms with van der Waals surface area (Å²) in [5, 5.41) is 12.0. The molecule has 0 aliphatic rings. The molecular weight excluding hydrogens is 164 g/mol. The zero-order chi connectivity index (χ0) is 10.1. The Morgan fingerprint density at radius 2 is 2.00 bits per heavy atom. The first kappa shape index (κ1) is 12.9. The van der Waals surface area contributed by atoms with Crippen LogP contribution in [0.1, 0.15) is 33.1 Å². The molecule has 0 saturated heterocycles. The number of nitrogens with one attached hydrogen (secondary N) is 1. The maximum absolute atomic E-state index is 8.58. The molecule has 0 aromatic heterocycles. The van der Waals surface area contributed by atoms with Crippen LogP contribution in [0.2, 0.25) is 0 Å². The zero-order valence-corrected chi connectivity index (χ0v) is 8.92.